The molecule has 0 saturated heterocycles. The third kappa shape index (κ3) is 3.80. The highest BCUT2D eigenvalue weighted by Gasteiger charge is 2.22. The van der Waals surface area contributed by atoms with E-state index in [-0.39, 0.29) is 11.8 Å². The Morgan fingerprint density at radius 2 is 2.18 bits per heavy atom. The lowest BCUT2D eigenvalue weighted by atomic mass is 10.2. The predicted molar refractivity (Wildman–Crippen MR) is 112 cm³/mol. The number of carbonyl (C=O) groups is 2. The summed E-state index contributed by atoms with van der Waals surface area (Å²) in [4.78, 5) is 31.2. The lowest BCUT2D eigenvalue weighted by molar-refractivity contribution is 0.0949. The fraction of sp³-hybridized carbons (Fsp3) is 0.211. The molecule has 0 radical (unpaired) electrons. The average molecular weight is 433 g/mol. The molecule has 0 atom stereocenters. The molecular formula is C19H17ClN4O2S2. The van der Waals surface area contributed by atoms with Crippen LogP contribution in [0, 0.1) is 0 Å². The lowest BCUT2D eigenvalue weighted by Crippen LogP contribution is -2.22. The number of anilines is 1. The van der Waals surface area contributed by atoms with E-state index in [4.69, 9.17) is 11.6 Å². The molecular weight excluding hydrogens is 416 g/mol. The number of rotatable bonds is 4. The average Bonchev–Trinajstić information content (AvgIpc) is 3.25. The van der Waals surface area contributed by atoms with Crippen molar-refractivity contribution in [2.45, 2.75) is 31.2 Å². The predicted octanol–water partition coefficient (Wildman–Crippen LogP) is 4.77. The largest absolute Gasteiger partial charge is 0.347 e. The summed E-state index contributed by atoms with van der Waals surface area (Å²) < 4.78 is 1.72. The van der Waals surface area contributed by atoms with Crippen LogP contribution in [0.3, 0.4) is 0 Å². The molecule has 1 aromatic carbocycles. The van der Waals surface area contributed by atoms with Crippen LogP contribution in [-0.4, -0.2) is 20.8 Å². The van der Waals surface area contributed by atoms with Crippen molar-refractivity contribution < 1.29 is 9.59 Å². The second-order valence-electron chi connectivity index (χ2n) is 6.63. The number of thiazole rings is 1. The summed E-state index contributed by atoms with van der Waals surface area (Å²) in [5, 5.41) is 7.31. The summed E-state index contributed by atoms with van der Waals surface area (Å²) in [7, 11) is 0. The summed E-state index contributed by atoms with van der Waals surface area (Å²) in [6.07, 6.45) is 3.49. The molecule has 144 valence electrons. The minimum absolute atomic E-state index is 0.201. The first-order valence-electron chi connectivity index (χ1n) is 8.65. The van der Waals surface area contributed by atoms with Crippen molar-refractivity contribution in [3.8, 4) is 0 Å². The van der Waals surface area contributed by atoms with E-state index in [0.717, 1.165) is 14.8 Å². The topological polar surface area (TPSA) is 76.0 Å². The van der Waals surface area contributed by atoms with Crippen molar-refractivity contribution in [1.29, 1.82) is 0 Å². The standard InChI is InChI=1S/C19H17ClN4O2S2/c1-10(2)19-22-8-13(27-19)7-21-17(25)11-3-4-16-14(5-11)23-18(26)15-6-12(20)9-24(15)28-16/h3-6,8-10H,7H2,1-2H3,(H,21,25)(H,23,26). The van der Waals surface area contributed by atoms with E-state index in [9.17, 15) is 9.59 Å². The van der Waals surface area contributed by atoms with Crippen molar-refractivity contribution in [2.75, 3.05) is 5.32 Å². The van der Waals surface area contributed by atoms with Crippen molar-refractivity contribution in [3.63, 3.8) is 0 Å². The van der Waals surface area contributed by atoms with E-state index in [0.29, 0.717) is 34.4 Å². The van der Waals surface area contributed by atoms with Crippen LogP contribution < -0.4 is 10.6 Å². The molecule has 9 heteroatoms. The summed E-state index contributed by atoms with van der Waals surface area (Å²) in [6.45, 7) is 4.60. The smallest absolute Gasteiger partial charge is 0.273 e. The minimum atomic E-state index is -0.262. The van der Waals surface area contributed by atoms with Gasteiger partial charge in [-0.3, -0.25) is 13.6 Å². The highest BCUT2D eigenvalue weighted by atomic mass is 35.5. The lowest BCUT2D eigenvalue weighted by Gasteiger charge is -2.09. The molecule has 0 fully saturated rings. The molecule has 4 rings (SSSR count). The van der Waals surface area contributed by atoms with Gasteiger partial charge in [0.05, 0.1) is 27.2 Å². The van der Waals surface area contributed by atoms with Gasteiger partial charge in [-0.25, -0.2) is 4.98 Å². The Bertz CT molecular complexity index is 1070. The SMILES string of the molecule is CC(C)c1ncc(CNC(=O)c2ccc3c(c2)NC(=O)c2cc(Cl)cn2S3)s1. The van der Waals surface area contributed by atoms with Crippen LogP contribution in [-0.2, 0) is 6.54 Å². The zero-order chi connectivity index (χ0) is 19.8. The second kappa shape index (κ2) is 7.62. The number of fused-ring (bicyclic) bond motifs is 2. The molecule has 2 N–H and O–H groups in total. The van der Waals surface area contributed by atoms with E-state index in [1.807, 2.05) is 6.07 Å². The van der Waals surface area contributed by atoms with Crippen molar-refractivity contribution in [1.82, 2.24) is 14.3 Å². The number of nitrogens with one attached hydrogen (secondary N) is 2. The Balaban J connectivity index is 1.49. The van der Waals surface area contributed by atoms with Gasteiger partial charge in [-0.05, 0) is 36.2 Å². The first kappa shape index (κ1) is 19.0. The molecule has 0 unspecified atom stereocenters. The second-order valence-corrected chi connectivity index (χ2v) is 9.23. The van der Waals surface area contributed by atoms with Crippen LogP contribution in [0.4, 0.5) is 5.69 Å². The van der Waals surface area contributed by atoms with Gasteiger partial charge in [0.2, 0.25) is 0 Å². The molecule has 0 bridgehead atoms. The molecule has 6 nitrogen and oxygen atoms in total. The van der Waals surface area contributed by atoms with E-state index in [1.165, 1.54) is 11.9 Å². The molecule has 3 heterocycles. The third-order valence-electron chi connectivity index (χ3n) is 4.16. The van der Waals surface area contributed by atoms with Crippen LogP contribution >= 0.6 is 34.9 Å². The molecule has 2 aromatic heterocycles. The van der Waals surface area contributed by atoms with Gasteiger partial charge in [-0.2, -0.15) is 0 Å². The van der Waals surface area contributed by atoms with Gasteiger partial charge < -0.3 is 10.6 Å². The number of aromatic nitrogens is 2. The van der Waals surface area contributed by atoms with E-state index in [2.05, 4.69) is 29.5 Å². The number of hydrogen-bond donors (Lipinski definition) is 2. The van der Waals surface area contributed by atoms with Gasteiger partial charge in [-0.1, -0.05) is 25.4 Å². The van der Waals surface area contributed by atoms with Crippen molar-refractivity contribution >= 4 is 52.4 Å². The zero-order valence-electron chi connectivity index (χ0n) is 15.2. The van der Waals surface area contributed by atoms with Gasteiger partial charge in [-0.15, -0.1) is 11.3 Å². The Morgan fingerprint density at radius 3 is 2.93 bits per heavy atom. The Labute approximate surface area is 175 Å². The normalized spacial score (nSPS) is 12.9. The Kier molecular flexibility index (Phi) is 5.18. The Hall–Kier alpha value is -2.29. The van der Waals surface area contributed by atoms with Gasteiger partial charge in [0, 0.05) is 28.8 Å². The third-order valence-corrected chi connectivity index (χ3v) is 6.72. The van der Waals surface area contributed by atoms with Crippen LogP contribution in [0.5, 0.6) is 0 Å². The van der Waals surface area contributed by atoms with Gasteiger partial charge in [0.15, 0.2) is 0 Å². The molecule has 3 aromatic rings. The van der Waals surface area contributed by atoms with Crippen molar-refractivity contribution in [2.24, 2.45) is 0 Å². The minimum Gasteiger partial charge on any atom is -0.347 e. The highest BCUT2D eigenvalue weighted by molar-refractivity contribution is 7.98. The fourth-order valence-corrected chi connectivity index (χ4v) is 4.80. The molecule has 28 heavy (non-hydrogen) atoms. The molecule has 1 aliphatic rings. The summed E-state index contributed by atoms with van der Waals surface area (Å²) in [5.41, 5.74) is 1.54. The number of halogens is 1. The van der Waals surface area contributed by atoms with E-state index in [1.54, 1.807) is 45.9 Å². The quantitative estimate of drug-likeness (QED) is 0.622. The first-order chi connectivity index (χ1) is 13.4. The van der Waals surface area contributed by atoms with Crippen LogP contribution in [0.2, 0.25) is 5.02 Å². The molecule has 0 saturated carbocycles. The fourth-order valence-electron chi connectivity index (χ4n) is 2.74. The number of amides is 2. The Morgan fingerprint density at radius 1 is 1.36 bits per heavy atom. The van der Waals surface area contributed by atoms with Crippen molar-refractivity contribution in [3.05, 3.63) is 62.8 Å². The molecule has 2 amide bonds. The number of nitrogens with zero attached hydrogens (tertiary/aromatic N) is 2. The maximum absolute atomic E-state index is 12.6. The molecule has 1 aliphatic heterocycles. The molecule has 0 aliphatic carbocycles. The van der Waals surface area contributed by atoms with Crippen LogP contribution in [0.25, 0.3) is 0 Å². The summed E-state index contributed by atoms with van der Waals surface area (Å²) in [5.74, 6) is -0.0924. The van der Waals surface area contributed by atoms with E-state index >= 15 is 0 Å². The monoisotopic (exact) mass is 432 g/mol. The zero-order valence-corrected chi connectivity index (χ0v) is 17.5. The van der Waals surface area contributed by atoms with E-state index < -0.39 is 0 Å². The molecule has 0 spiro atoms. The van der Waals surface area contributed by atoms with Crippen LogP contribution in [0.15, 0.2) is 41.6 Å². The maximum atomic E-state index is 12.6. The number of carbonyl (C=O) groups excluding carboxylic acids is 2. The summed E-state index contributed by atoms with van der Waals surface area (Å²) >= 11 is 8.97. The maximum Gasteiger partial charge on any atom is 0.273 e. The summed E-state index contributed by atoms with van der Waals surface area (Å²) in [6, 6.07) is 6.87. The number of hydrogen-bond acceptors (Lipinski definition) is 5. The number of benzene rings is 1. The van der Waals surface area contributed by atoms with Gasteiger partial charge in [0.25, 0.3) is 11.8 Å². The van der Waals surface area contributed by atoms with Gasteiger partial charge >= 0.3 is 0 Å². The highest BCUT2D eigenvalue weighted by Crippen LogP contribution is 2.35. The van der Waals surface area contributed by atoms with Gasteiger partial charge in [0.1, 0.15) is 5.69 Å². The first-order valence-corrected chi connectivity index (χ1v) is 10.6. The van der Waals surface area contributed by atoms with Crippen LogP contribution in [0.1, 0.15) is 50.5 Å².